The number of nitrogens with one attached hydrogen (secondary N) is 2. The molecule has 0 atom stereocenters. The van der Waals surface area contributed by atoms with Gasteiger partial charge in [0.1, 0.15) is 11.6 Å². The van der Waals surface area contributed by atoms with Crippen LogP contribution >= 0.6 is 0 Å². The van der Waals surface area contributed by atoms with Crippen LogP contribution in [0, 0.1) is 5.82 Å². The summed E-state index contributed by atoms with van der Waals surface area (Å²) in [6.07, 6.45) is 2.48. The number of carbonyl (C=O) groups excluding carboxylic acids is 1. The van der Waals surface area contributed by atoms with Crippen LogP contribution in [0.25, 0.3) is 11.1 Å². The molecule has 23 heavy (non-hydrogen) atoms. The zero-order chi connectivity index (χ0) is 16.4. The second kappa shape index (κ2) is 6.43. The Balaban J connectivity index is 1.95. The van der Waals surface area contributed by atoms with Crippen LogP contribution in [0.4, 0.5) is 10.2 Å². The van der Waals surface area contributed by atoms with Crippen molar-refractivity contribution < 1.29 is 17.6 Å². The lowest BCUT2D eigenvalue weighted by Gasteiger charge is -2.19. The fraction of sp³-hybridized carbons (Fsp3) is 0.200. The number of amides is 1. The van der Waals surface area contributed by atoms with E-state index < -0.39 is 16.7 Å². The van der Waals surface area contributed by atoms with Gasteiger partial charge in [-0.25, -0.2) is 22.5 Å². The van der Waals surface area contributed by atoms with Crippen LogP contribution in [0.3, 0.4) is 0 Å². The van der Waals surface area contributed by atoms with Crippen LogP contribution in [-0.2, 0) is 28.7 Å². The first-order valence-electron chi connectivity index (χ1n) is 6.99. The Morgan fingerprint density at radius 1 is 1.26 bits per heavy atom. The number of carbonyl (C=O) groups is 1. The summed E-state index contributed by atoms with van der Waals surface area (Å²) in [5, 5.41) is 2.71. The third-order valence-corrected chi connectivity index (χ3v) is 4.09. The van der Waals surface area contributed by atoms with E-state index in [0.717, 1.165) is 11.1 Å². The Hall–Kier alpha value is -2.32. The number of fused-ring (bicyclic) bond motifs is 1. The SMILES string of the molecule is O=C1CCc2c(-c3ccc(CN[SH](=O)=O)c(F)c3)ccnc2N1. The van der Waals surface area contributed by atoms with Crippen molar-refractivity contribution in [3.8, 4) is 11.1 Å². The summed E-state index contributed by atoms with van der Waals surface area (Å²) in [5.41, 5.74) is 2.61. The molecule has 1 amide bonds. The highest BCUT2D eigenvalue weighted by Gasteiger charge is 2.19. The molecule has 0 saturated heterocycles. The van der Waals surface area contributed by atoms with E-state index in [1.807, 2.05) is 0 Å². The molecule has 1 aromatic carbocycles. The van der Waals surface area contributed by atoms with E-state index in [4.69, 9.17) is 0 Å². The summed E-state index contributed by atoms with van der Waals surface area (Å²) in [7, 11) is -2.76. The molecule has 0 unspecified atom stereocenters. The Bertz CT molecular complexity index is 844. The van der Waals surface area contributed by atoms with Crippen LogP contribution in [0.1, 0.15) is 17.5 Å². The lowest BCUT2D eigenvalue weighted by Crippen LogP contribution is -2.20. The van der Waals surface area contributed by atoms with Gasteiger partial charge in [0.15, 0.2) is 0 Å². The Labute approximate surface area is 133 Å². The molecule has 2 N–H and O–H groups in total. The molecule has 1 aliphatic heterocycles. The standard InChI is InChI=1S/C15H14FN3O3S/c16-13-7-9(1-2-10(13)8-18-23(21)22)11-5-6-17-15-12(11)3-4-14(20)19-15/h1-2,5-7,23H,3-4,8H2,(H,17,19,20)(H,18,21,22). The number of thiol groups is 1. The Morgan fingerprint density at radius 3 is 2.83 bits per heavy atom. The predicted octanol–water partition coefficient (Wildman–Crippen LogP) is 1.39. The molecule has 8 heteroatoms. The maximum absolute atomic E-state index is 14.2. The van der Waals surface area contributed by atoms with E-state index in [2.05, 4.69) is 15.0 Å². The van der Waals surface area contributed by atoms with Gasteiger partial charge in [0, 0.05) is 30.3 Å². The summed E-state index contributed by atoms with van der Waals surface area (Å²) in [4.78, 5) is 15.6. The highest BCUT2D eigenvalue weighted by Crippen LogP contribution is 2.32. The average Bonchev–Trinajstić information content (AvgIpc) is 2.52. The molecule has 3 rings (SSSR count). The highest BCUT2D eigenvalue weighted by molar-refractivity contribution is 7.70. The quantitative estimate of drug-likeness (QED) is 0.737. The topological polar surface area (TPSA) is 88.2 Å². The lowest BCUT2D eigenvalue weighted by molar-refractivity contribution is -0.116. The predicted molar refractivity (Wildman–Crippen MR) is 83.7 cm³/mol. The molecule has 0 fully saturated rings. The van der Waals surface area contributed by atoms with Crippen LogP contribution in [0.5, 0.6) is 0 Å². The number of aromatic nitrogens is 1. The molecule has 1 aliphatic rings. The van der Waals surface area contributed by atoms with Gasteiger partial charge in [0.2, 0.25) is 16.8 Å². The van der Waals surface area contributed by atoms with Crippen molar-refractivity contribution in [3.63, 3.8) is 0 Å². The summed E-state index contributed by atoms with van der Waals surface area (Å²) >= 11 is 0. The van der Waals surface area contributed by atoms with E-state index >= 15 is 0 Å². The number of hydrogen-bond acceptors (Lipinski definition) is 4. The summed E-state index contributed by atoms with van der Waals surface area (Å²) < 4.78 is 37.4. The second-order valence-corrected chi connectivity index (χ2v) is 5.96. The molecule has 0 radical (unpaired) electrons. The third kappa shape index (κ3) is 3.38. The maximum Gasteiger partial charge on any atom is 0.225 e. The normalized spacial score (nSPS) is 13.7. The number of anilines is 1. The van der Waals surface area contributed by atoms with Crippen LogP contribution in [0.15, 0.2) is 30.5 Å². The zero-order valence-electron chi connectivity index (χ0n) is 12.0. The molecular formula is C15H14FN3O3S. The highest BCUT2D eigenvalue weighted by atomic mass is 32.2. The van der Waals surface area contributed by atoms with E-state index in [1.165, 1.54) is 6.07 Å². The van der Waals surface area contributed by atoms with Gasteiger partial charge in [-0.2, -0.15) is 0 Å². The molecule has 120 valence electrons. The lowest BCUT2D eigenvalue weighted by atomic mass is 9.95. The largest absolute Gasteiger partial charge is 0.310 e. The number of pyridine rings is 1. The van der Waals surface area contributed by atoms with Crippen molar-refractivity contribution in [3.05, 3.63) is 47.4 Å². The van der Waals surface area contributed by atoms with E-state index in [1.54, 1.807) is 24.4 Å². The molecule has 0 saturated carbocycles. The van der Waals surface area contributed by atoms with Crippen LogP contribution < -0.4 is 10.0 Å². The van der Waals surface area contributed by atoms with E-state index in [0.29, 0.717) is 24.2 Å². The minimum absolute atomic E-state index is 0.0820. The van der Waals surface area contributed by atoms with Gasteiger partial charge in [0.25, 0.3) is 0 Å². The number of halogens is 1. The van der Waals surface area contributed by atoms with Gasteiger partial charge < -0.3 is 5.32 Å². The van der Waals surface area contributed by atoms with Gasteiger partial charge >= 0.3 is 0 Å². The van der Waals surface area contributed by atoms with Crippen molar-refractivity contribution in [1.29, 1.82) is 0 Å². The average molecular weight is 335 g/mol. The van der Waals surface area contributed by atoms with E-state index in [-0.39, 0.29) is 18.0 Å². The zero-order valence-corrected chi connectivity index (χ0v) is 12.9. The summed E-state index contributed by atoms with van der Waals surface area (Å²) in [5.74, 6) is -0.0630. The van der Waals surface area contributed by atoms with E-state index in [9.17, 15) is 17.6 Å². The third-order valence-electron chi connectivity index (χ3n) is 3.68. The van der Waals surface area contributed by atoms with Gasteiger partial charge in [-0.05, 0) is 29.7 Å². The minimum Gasteiger partial charge on any atom is -0.310 e. The number of rotatable bonds is 4. The number of nitrogens with zero attached hydrogens (tertiary/aromatic N) is 1. The van der Waals surface area contributed by atoms with Gasteiger partial charge in [-0.1, -0.05) is 12.1 Å². The molecule has 1 aromatic heterocycles. The monoisotopic (exact) mass is 335 g/mol. The number of hydrogen-bond donors (Lipinski definition) is 3. The first-order valence-corrected chi connectivity index (χ1v) is 8.17. The Morgan fingerprint density at radius 2 is 2.09 bits per heavy atom. The number of benzene rings is 1. The molecular weight excluding hydrogens is 321 g/mol. The molecule has 6 nitrogen and oxygen atoms in total. The second-order valence-electron chi connectivity index (χ2n) is 5.13. The van der Waals surface area contributed by atoms with Crippen LogP contribution in [-0.4, -0.2) is 19.3 Å². The summed E-state index contributed by atoms with van der Waals surface area (Å²) in [6.45, 7) is -0.0880. The van der Waals surface area contributed by atoms with Crippen molar-refractivity contribution in [2.75, 3.05) is 5.32 Å². The summed E-state index contributed by atoms with van der Waals surface area (Å²) in [6, 6.07) is 6.41. The van der Waals surface area contributed by atoms with Gasteiger partial charge in [0.05, 0.1) is 0 Å². The van der Waals surface area contributed by atoms with Crippen LogP contribution in [0.2, 0.25) is 0 Å². The Kier molecular flexibility index (Phi) is 4.35. The van der Waals surface area contributed by atoms with Crippen molar-refractivity contribution >= 4 is 22.6 Å². The molecule has 2 aromatic rings. The van der Waals surface area contributed by atoms with Gasteiger partial charge in [-0.3, -0.25) is 4.79 Å². The minimum atomic E-state index is -2.76. The first kappa shape index (κ1) is 15.6. The van der Waals surface area contributed by atoms with Crippen molar-refractivity contribution in [1.82, 2.24) is 9.71 Å². The van der Waals surface area contributed by atoms with Crippen molar-refractivity contribution in [2.24, 2.45) is 0 Å². The smallest absolute Gasteiger partial charge is 0.225 e. The molecule has 2 heterocycles. The molecule has 0 spiro atoms. The molecule has 0 aliphatic carbocycles. The fourth-order valence-corrected chi connectivity index (χ4v) is 2.86. The van der Waals surface area contributed by atoms with Crippen molar-refractivity contribution in [2.45, 2.75) is 19.4 Å². The molecule has 0 bridgehead atoms. The maximum atomic E-state index is 14.2. The fourth-order valence-electron chi connectivity index (χ4n) is 2.56. The first-order chi connectivity index (χ1) is 11.0. The van der Waals surface area contributed by atoms with Gasteiger partial charge in [-0.15, -0.1) is 0 Å².